The smallest absolute Gasteiger partial charge is 0.240 e. The molecule has 1 aromatic carbocycles. The molecule has 102 valence electrons. The molecule has 0 saturated carbocycles. The predicted molar refractivity (Wildman–Crippen MR) is 72.5 cm³/mol. The number of nitrogens with one attached hydrogen (secondary N) is 1. The quantitative estimate of drug-likeness (QED) is 0.645. The Morgan fingerprint density at radius 1 is 1.11 bits per heavy atom. The molecule has 0 aromatic heterocycles. The molecule has 1 aromatic rings. The molecule has 5 nitrogen and oxygen atoms in total. The van der Waals surface area contributed by atoms with Gasteiger partial charge in [0.05, 0.1) is 5.69 Å². The van der Waals surface area contributed by atoms with Crippen LogP contribution >= 0.6 is 0 Å². The van der Waals surface area contributed by atoms with Crippen LogP contribution in [0.5, 0.6) is 0 Å². The highest BCUT2D eigenvalue weighted by Gasteiger charge is 2.17. The second-order valence-corrected chi connectivity index (χ2v) is 4.04. The summed E-state index contributed by atoms with van der Waals surface area (Å²) >= 11 is 0. The molecule has 1 saturated heterocycles. The van der Waals surface area contributed by atoms with Gasteiger partial charge in [0, 0.05) is 25.8 Å². The van der Waals surface area contributed by atoms with Crippen molar-refractivity contribution in [3.8, 4) is 0 Å². The van der Waals surface area contributed by atoms with Gasteiger partial charge in [-0.2, -0.15) is 0 Å². The van der Waals surface area contributed by atoms with E-state index < -0.39 is 0 Å². The summed E-state index contributed by atoms with van der Waals surface area (Å²) in [6, 6.07) is 9.83. The lowest BCUT2D eigenvalue weighted by Gasteiger charge is -2.16. The Kier molecular flexibility index (Phi) is 6.94. The molecular weight excluding hydrogens is 244 g/mol. The lowest BCUT2D eigenvalue weighted by Crippen LogP contribution is -2.32. The molecular formula is C14H18N2O3. The molecule has 5 heteroatoms. The van der Waals surface area contributed by atoms with E-state index in [2.05, 4.69) is 5.43 Å². The summed E-state index contributed by atoms with van der Waals surface area (Å²) in [7, 11) is 0. The van der Waals surface area contributed by atoms with E-state index in [0.29, 0.717) is 25.7 Å². The van der Waals surface area contributed by atoms with E-state index in [1.807, 2.05) is 35.3 Å². The molecule has 0 spiro atoms. The molecule has 0 radical (unpaired) electrons. The van der Waals surface area contributed by atoms with Crippen molar-refractivity contribution in [2.45, 2.75) is 25.7 Å². The molecule has 0 unspecified atom stereocenters. The van der Waals surface area contributed by atoms with Gasteiger partial charge in [0.15, 0.2) is 0 Å². The Morgan fingerprint density at radius 3 is 2.21 bits per heavy atom. The summed E-state index contributed by atoms with van der Waals surface area (Å²) in [5.74, 6) is 0.0962. The zero-order chi connectivity index (χ0) is 13.9. The van der Waals surface area contributed by atoms with Gasteiger partial charge in [-0.3, -0.25) is 15.2 Å². The van der Waals surface area contributed by atoms with Crippen molar-refractivity contribution in [2.75, 3.05) is 11.6 Å². The summed E-state index contributed by atoms with van der Waals surface area (Å²) in [5, 5.41) is 1.86. The Hall–Kier alpha value is -2.17. The van der Waals surface area contributed by atoms with Crippen LogP contribution in [-0.4, -0.2) is 25.0 Å². The second kappa shape index (κ2) is 8.85. The van der Waals surface area contributed by atoms with Gasteiger partial charge in [-0.25, -0.2) is 0 Å². The van der Waals surface area contributed by atoms with Gasteiger partial charge >= 0.3 is 0 Å². The minimum absolute atomic E-state index is 0.0962. The molecule has 1 amide bonds. The highest BCUT2D eigenvalue weighted by Crippen LogP contribution is 2.13. The van der Waals surface area contributed by atoms with Gasteiger partial charge in [0.25, 0.3) is 0 Å². The maximum absolute atomic E-state index is 10.9. The first-order valence-electron chi connectivity index (χ1n) is 6.27. The van der Waals surface area contributed by atoms with Crippen molar-refractivity contribution < 1.29 is 14.4 Å². The Labute approximate surface area is 112 Å². The average molecular weight is 262 g/mol. The summed E-state index contributed by atoms with van der Waals surface area (Å²) in [6.45, 7) is 0.767. The van der Waals surface area contributed by atoms with Gasteiger partial charge in [0.1, 0.15) is 12.6 Å². The number of para-hydroxylation sites is 1. The molecule has 1 aliphatic rings. The Balaban J connectivity index is 0.000000224. The van der Waals surface area contributed by atoms with Crippen LogP contribution in [0.3, 0.4) is 0 Å². The van der Waals surface area contributed by atoms with E-state index >= 15 is 0 Å². The number of unbranched alkanes of at least 4 members (excludes halogenated alkanes) is 2. The van der Waals surface area contributed by atoms with Crippen LogP contribution in [0.1, 0.15) is 25.7 Å². The van der Waals surface area contributed by atoms with Crippen molar-refractivity contribution >= 4 is 24.2 Å². The van der Waals surface area contributed by atoms with Gasteiger partial charge in [-0.1, -0.05) is 18.2 Å². The highest BCUT2D eigenvalue weighted by molar-refractivity contribution is 5.81. The van der Waals surface area contributed by atoms with E-state index in [9.17, 15) is 14.4 Å². The van der Waals surface area contributed by atoms with Crippen molar-refractivity contribution in [3.05, 3.63) is 30.3 Å². The Morgan fingerprint density at radius 2 is 1.74 bits per heavy atom. The van der Waals surface area contributed by atoms with Gasteiger partial charge in [0.2, 0.25) is 5.91 Å². The van der Waals surface area contributed by atoms with Crippen molar-refractivity contribution in [1.29, 1.82) is 0 Å². The number of hydrogen-bond donors (Lipinski definition) is 1. The van der Waals surface area contributed by atoms with E-state index in [4.69, 9.17) is 0 Å². The fourth-order valence-corrected chi connectivity index (χ4v) is 1.56. The van der Waals surface area contributed by atoms with Gasteiger partial charge < -0.3 is 9.59 Å². The number of nitrogens with zero attached hydrogens (tertiary/aromatic N) is 1. The third-order valence-corrected chi connectivity index (χ3v) is 2.53. The largest absolute Gasteiger partial charge is 0.303 e. The molecule has 1 heterocycles. The zero-order valence-corrected chi connectivity index (χ0v) is 10.7. The summed E-state index contributed by atoms with van der Waals surface area (Å²) in [4.78, 5) is 30.0. The standard InChI is InChI=1S/C9H10N2O.C5H8O2/c12-9-6-7-11(10-9)8-4-2-1-3-5-8;6-4-2-1-3-5-7/h1-5H,6-7H2,(H,10,12);4-5H,1-3H2. The third kappa shape index (κ3) is 5.81. The molecule has 0 aliphatic carbocycles. The lowest BCUT2D eigenvalue weighted by molar-refractivity contribution is -0.119. The maximum Gasteiger partial charge on any atom is 0.240 e. The average Bonchev–Trinajstić information content (AvgIpc) is 2.88. The lowest BCUT2D eigenvalue weighted by atomic mass is 10.3. The fourth-order valence-electron chi connectivity index (χ4n) is 1.56. The van der Waals surface area contributed by atoms with Crippen LogP contribution in [0, 0.1) is 0 Å². The van der Waals surface area contributed by atoms with Crippen molar-refractivity contribution in [1.82, 2.24) is 5.43 Å². The van der Waals surface area contributed by atoms with E-state index in [1.165, 1.54) is 0 Å². The topological polar surface area (TPSA) is 66.5 Å². The monoisotopic (exact) mass is 262 g/mol. The number of carbonyl (C=O) groups excluding carboxylic acids is 3. The van der Waals surface area contributed by atoms with Crippen LogP contribution in [-0.2, 0) is 14.4 Å². The normalized spacial score (nSPS) is 13.3. The molecule has 0 atom stereocenters. The van der Waals surface area contributed by atoms with Crippen LogP contribution in [0.15, 0.2) is 30.3 Å². The predicted octanol–water partition coefficient (Wildman–Crippen LogP) is 1.48. The first-order valence-corrected chi connectivity index (χ1v) is 6.27. The van der Waals surface area contributed by atoms with Crippen molar-refractivity contribution in [3.63, 3.8) is 0 Å². The van der Waals surface area contributed by atoms with E-state index in [0.717, 1.165) is 24.8 Å². The number of amides is 1. The number of rotatable bonds is 5. The summed E-state index contributed by atoms with van der Waals surface area (Å²) in [5.41, 5.74) is 3.81. The number of benzene rings is 1. The van der Waals surface area contributed by atoms with Crippen LogP contribution in [0.25, 0.3) is 0 Å². The highest BCUT2D eigenvalue weighted by atomic mass is 16.2. The summed E-state index contributed by atoms with van der Waals surface area (Å²) in [6.07, 6.45) is 3.96. The molecule has 19 heavy (non-hydrogen) atoms. The number of anilines is 1. The van der Waals surface area contributed by atoms with Crippen LogP contribution in [0.4, 0.5) is 5.69 Å². The molecule has 1 aliphatic heterocycles. The Bertz CT molecular complexity index is 398. The number of carbonyl (C=O) groups is 3. The number of aldehydes is 2. The van der Waals surface area contributed by atoms with Crippen LogP contribution < -0.4 is 10.4 Å². The molecule has 2 rings (SSSR count). The minimum Gasteiger partial charge on any atom is -0.303 e. The second-order valence-electron chi connectivity index (χ2n) is 4.04. The molecule has 1 N–H and O–H groups in total. The zero-order valence-electron chi connectivity index (χ0n) is 10.7. The third-order valence-electron chi connectivity index (χ3n) is 2.53. The van der Waals surface area contributed by atoms with Crippen molar-refractivity contribution in [2.24, 2.45) is 0 Å². The first kappa shape index (κ1) is 14.9. The molecule has 0 bridgehead atoms. The number of hydrogen-bond acceptors (Lipinski definition) is 4. The van der Waals surface area contributed by atoms with E-state index in [-0.39, 0.29) is 5.91 Å². The van der Waals surface area contributed by atoms with Gasteiger partial charge in [-0.05, 0) is 18.6 Å². The fraction of sp³-hybridized carbons (Fsp3) is 0.357. The SMILES string of the molecule is O=C1CCN(c2ccccc2)N1.O=CCCCC=O. The van der Waals surface area contributed by atoms with E-state index in [1.54, 1.807) is 0 Å². The van der Waals surface area contributed by atoms with Gasteiger partial charge in [-0.15, -0.1) is 0 Å². The molecule has 1 fully saturated rings. The minimum atomic E-state index is 0.0962. The van der Waals surface area contributed by atoms with Crippen LogP contribution in [0.2, 0.25) is 0 Å². The summed E-state index contributed by atoms with van der Waals surface area (Å²) < 4.78 is 0. The number of hydrazine groups is 1. The first-order chi connectivity index (χ1) is 9.27. The maximum atomic E-state index is 10.9.